The van der Waals surface area contributed by atoms with Crippen LogP contribution in [-0.4, -0.2) is 34.6 Å². The molecule has 0 fully saturated rings. The lowest BCUT2D eigenvalue weighted by molar-refractivity contribution is -0.122. The van der Waals surface area contributed by atoms with Gasteiger partial charge in [0.25, 0.3) is 5.56 Å². The highest BCUT2D eigenvalue weighted by molar-refractivity contribution is 5.86. The van der Waals surface area contributed by atoms with Crippen LogP contribution < -0.4 is 16.2 Å². The van der Waals surface area contributed by atoms with Gasteiger partial charge in [0, 0.05) is 19.3 Å². The highest BCUT2D eigenvalue weighted by Gasteiger charge is 2.06. The maximum absolute atomic E-state index is 11.5. The second-order valence-corrected chi connectivity index (χ2v) is 3.67. The van der Waals surface area contributed by atoms with Crippen molar-refractivity contribution in [3.8, 4) is 5.75 Å². The van der Waals surface area contributed by atoms with Crippen molar-refractivity contribution in [1.29, 1.82) is 0 Å². The van der Waals surface area contributed by atoms with Crippen LogP contribution in [-0.2, 0) is 16.1 Å². The van der Waals surface area contributed by atoms with Crippen molar-refractivity contribution in [2.45, 2.75) is 6.54 Å². The Bertz CT molecular complexity index is 536. The van der Waals surface area contributed by atoms with E-state index in [1.807, 2.05) is 0 Å². The predicted molar refractivity (Wildman–Crippen MR) is 68.6 cm³/mol. The highest BCUT2D eigenvalue weighted by Crippen LogP contribution is 1.97. The molecule has 1 heterocycles. The Morgan fingerprint density at radius 1 is 1.37 bits per heavy atom. The number of aromatic nitrogens is 1. The Kier molecular flexibility index (Phi) is 5.34. The molecule has 0 radical (unpaired) electrons. The van der Waals surface area contributed by atoms with Crippen LogP contribution in [0.4, 0.5) is 0 Å². The molecule has 3 N–H and O–H groups in total. The van der Waals surface area contributed by atoms with Crippen molar-refractivity contribution in [2.24, 2.45) is 0 Å². The normalized spacial score (nSPS) is 9.68. The van der Waals surface area contributed by atoms with E-state index in [4.69, 9.17) is 0 Å². The summed E-state index contributed by atoms with van der Waals surface area (Å²) in [5.74, 6) is -1.12. The third-order valence-electron chi connectivity index (χ3n) is 2.25. The molecule has 102 valence electrons. The minimum atomic E-state index is -0.627. The molecule has 0 saturated heterocycles. The molecule has 7 heteroatoms. The summed E-state index contributed by atoms with van der Waals surface area (Å²) in [6, 6.07) is 2.72. The zero-order valence-electron chi connectivity index (χ0n) is 10.3. The molecule has 2 amide bonds. The number of nitrogens with one attached hydrogen (secondary N) is 2. The van der Waals surface area contributed by atoms with E-state index >= 15 is 0 Å². The van der Waals surface area contributed by atoms with Gasteiger partial charge < -0.3 is 20.3 Å². The Labute approximate surface area is 109 Å². The largest absolute Gasteiger partial charge is 0.503 e. The minimum Gasteiger partial charge on any atom is -0.503 e. The number of pyridine rings is 1. The smallest absolute Gasteiger partial charge is 0.293 e. The maximum Gasteiger partial charge on any atom is 0.293 e. The second-order valence-electron chi connectivity index (χ2n) is 3.67. The van der Waals surface area contributed by atoms with Gasteiger partial charge in [0.2, 0.25) is 11.8 Å². The van der Waals surface area contributed by atoms with Crippen LogP contribution in [0.3, 0.4) is 0 Å². The molecule has 0 spiro atoms. The van der Waals surface area contributed by atoms with Crippen molar-refractivity contribution in [1.82, 2.24) is 15.2 Å². The van der Waals surface area contributed by atoms with Crippen LogP contribution in [0.5, 0.6) is 5.75 Å². The molecule has 0 aliphatic heterocycles. The van der Waals surface area contributed by atoms with Crippen LogP contribution in [0.2, 0.25) is 0 Å². The molecule has 7 nitrogen and oxygen atoms in total. The van der Waals surface area contributed by atoms with E-state index in [1.165, 1.54) is 18.3 Å². The van der Waals surface area contributed by atoms with Gasteiger partial charge in [0.05, 0.1) is 0 Å². The Morgan fingerprint density at radius 2 is 2.05 bits per heavy atom. The van der Waals surface area contributed by atoms with Crippen LogP contribution in [0.1, 0.15) is 0 Å². The van der Waals surface area contributed by atoms with E-state index < -0.39 is 11.3 Å². The number of rotatable bonds is 6. The number of hydrogen-bond acceptors (Lipinski definition) is 4. The minimum absolute atomic E-state index is 0.192. The summed E-state index contributed by atoms with van der Waals surface area (Å²) < 4.78 is 1.09. The summed E-state index contributed by atoms with van der Waals surface area (Å²) in [6.45, 7) is 3.61. The van der Waals surface area contributed by atoms with Crippen molar-refractivity contribution in [2.75, 3.05) is 13.1 Å². The average Bonchev–Trinajstić information content (AvgIpc) is 2.39. The number of hydrogen-bond donors (Lipinski definition) is 3. The SMILES string of the molecule is C=CC(=O)NCCNC(=O)Cn1cccc(O)c1=O. The predicted octanol–water partition coefficient (Wildman–Crippen LogP) is -1.03. The number of aromatic hydroxyl groups is 1. The Morgan fingerprint density at radius 3 is 2.74 bits per heavy atom. The van der Waals surface area contributed by atoms with E-state index in [1.54, 1.807) is 0 Å². The topological polar surface area (TPSA) is 100 Å². The lowest BCUT2D eigenvalue weighted by Crippen LogP contribution is -2.37. The van der Waals surface area contributed by atoms with E-state index in [2.05, 4.69) is 17.2 Å². The van der Waals surface area contributed by atoms with Gasteiger partial charge in [-0.25, -0.2) is 0 Å². The van der Waals surface area contributed by atoms with Crippen molar-refractivity contribution >= 4 is 11.8 Å². The summed E-state index contributed by atoms with van der Waals surface area (Å²) >= 11 is 0. The fraction of sp³-hybridized carbons (Fsp3) is 0.250. The summed E-state index contributed by atoms with van der Waals surface area (Å²) in [5.41, 5.74) is -0.627. The summed E-state index contributed by atoms with van der Waals surface area (Å²) in [4.78, 5) is 33.7. The van der Waals surface area contributed by atoms with Gasteiger partial charge in [-0.2, -0.15) is 0 Å². The second kappa shape index (κ2) is 7.00. The molecule has 0 atom stereocenters. The third kappa shape index (κ3) is 4.66. The van der Waals surface area contributed by atoms with Crippen LogP contribution >= 0.6 is 0 Å². The standard InChI is InChI=1S/C12H15N3O4/c1-2-10(17)13-5-6-14-11(18)8-15-7-3-4-9(16)12(15)19/h2-4,7,16H,1,5-6,8H2,(H,13,17)(H,14,18). The first-order valence-corrected chi connectivity index (χ1v) is 5.60. The fourth-order valence-electron chi connectivity index (χ4n) is 1.32. The molecule has 1 aromatic heterocycles. The lowest BCUT2D eigenvalue weighted by Gasteiger charge is -2.07. The quantitative estimate of drug-likeness (QED) is 0.452. The summed E-state index contributed by atoms with van der Waals surface area (Å²) in [6.07, 6.45) is 2.54. The molecule has 0 aromatic carbocycles. The maximum atomic E-state index is 11.5. The molecule has 0 saturated carbocycles. The zero-order valence-corrected chi connectivity index (χ0v) is 10.3. The first kappa shape index (κ1) is 14.5. The lowest BCUT2D eigenvalue weighted by atomic mass is 10.4. The fourth-order valence-corrected chi connectivity index (χ4v) is 1.32. The van der Waals surface area contributed by atoms with Gasteiger partial charge >= 0.3 is 0 Å². The van der Waals surface area contributed by atoms with Gasteiger partial charge in [-0.05, 0) is 18.2 Å². The molecule has 0 aliphatic rings. The molecule has 1 rings (SSSR count). The Hall–Kier alpha value is -2.57. The van der Waals surface area contributed by atoms with Gasteiger partial charge in [-0.1, -0.05) is 6.58 Å². The number of amides is 2. The van der Waals surface area contributed by atoms with Crippen LogP contribution in [0.25, 0.3) is 0 Å². The number of carbonyl (C=O) groups excluding carboxylic acids is 2. The van der Waals surface area contributed by atoms with Crippen LogP contribution in [0.15, 0.2) is 35.8 Å². The van der Waals surface area contributed by atoms with Gasteiger partial charge in [0.1, 0.15) is 6.54 Å². The molecular weight excluding hydrogens is 250 g/mol. The van der Waals surface area contributed by atoms with E-state index in [-0.39, 0.29) is 31.4 Å². The first-order valence-electron chi connectivity index (χ1n) is 5.60. The van der Waals surface area contributed by atoms with Gasteiger partial charge in [0.15, 0.2) is 5.75 Å². The molecular formula is C12H15N3O4. The average molecular weight is 265 g/mol. The first-order chi connectivity index (χ1) is 9.04. The Balaban J connectivity index is 2.39. The molecule has 1 aromatic rings. The van der Waals surface area contributed by atoms with E-state index in [0.717, 1.165) is 10.6 Å². The molecule has 0 aliphatic carbocycles. The van der Waals surface area contributed by atoms with Gasteiger partial charge in [-0.3, -0.25) is 14.4 Å². The zero-order chi connectivity index (χ0) is 14.3. The molecule has 19 heavy (non-hydrogen) atoms. The van der Waals surface area contributed by atoms with Crippen molar-refractivity contribution < 1.29 is 14.7 Å². The number of carbonyl (C=O) groups is 2. The monoisotopic (exact) mass is 265 g/mol. The summed E-state index contributed by atoms with van der Waals surface area (Å²) in [5, 5.41) is 14.2. The van der Waals surface area contributed by atoms with Crippen LogP contribution in [0, 0.1) is 0 Å². The van der Waals surface area contributed by atoms with E-state index in [0.29, 0.717) is 0 Å². The third-order valence-corrected chi connectivity index (χ3v) is 2.25. The van der Waals surface area contributed by atoms with Gasteiger partial charge in [-0.15, -0.1) is 0 Å². The highest BCUT2D eigenvalue weighted by atomic mass is 16.3. The van der Waals surface area contributed by atoms with Crippen molar-refractivity contribution in [3.63, 3.8) is 0 Å². The van der Waals surface area contributed by atoms with Crippen molar-refractivity contribution in [3.05, 3.63) is 41.3 Å². The molecule has 0 unspecified atom stereocenters. The molecule has 0 bridgehead atoms. The summed E-state index contributed by atoms with van der Waals surface area (Å²) in [7, 11) is 0. The van der Waals surface area contributed by atoms with E-state index in [9.17, 15) is 19.5 Å². The number of nitrogens with zero attached hydrogens (tertiary/aromatic N) is 1.